The van der Waals surface area contributed by atoms with Gasteiger partial charge in [0, 0.05) is 30.7 Å². The first-order valence-corrected chi connectivity index (χ1v) is 22.7. The molecule has 0 unspecified atom stereocenters. The normalized spacial score (nSPS) is 30.1. The van der Waals surface area contributed by atoms with Gasteiger partial charge in [-0.15, -0.1) is 0 Å². The molecule has 60 heavy (non-hydrogen) atoms. The van der Waals surface area contributed by atoms with E-state index in [-0.39, 0.29) is 38.1 Å². The fourth-order valence-electron chi connectivity index (χ4n) is 8.70. The number of nitrogens with one attached hydrogen (secondary N) is 1. The summed E-state index contributed by atoms with van der Waals surface area (Å²) in [5.74, 6) is -7.26. The van der Waals surface area contributed by atoms with E-state index in [1.54, 1.807) is 13.8 Å². The number of hydrogen-bond acceptors (Lipinski definition) is 11. The van der Waals surface area contributed by atoms with Crippen LogP contribution in [-0.4, -0.2) is 95.6 Å². The Morgan fingerprint density at radius 3 is 2.52 bits per heavy atom. The molecule has 5 aliphatic rings. The molecule has 1 aromatic carbocycles. The number of carbonyl (C=O) groups is 4. The molecule has 1 aromatic heterocycles. The lowest BCUT2D eigenvalue weighted by atomic mass is 9.90. The third-order valence-corrected chi connectivity index (χ3v) is 15.5. The van der Waals surface area contributed by atoms with Crippen LogP contribution < -0.4 is 14.2 Å². The van der Waals surface area contributed by atoms with Gasteiger partial charge in [0.05, 0.1) is 53.9 Å². The van der Waals surface area contributed by atoms with E-state index in [1.807, 2.05) is 43.3 Å². The summed E-state index contributed by atoms with van der Waals surface area (Å²) in [6, 6.07) is 6.45. The Morgan fingerprint density at radius 1 is 1.12 bits per heavy atom. The number of carbonyl (C=O) groups excluding carboxylic acids is 4. The van der Waals surface area contributed by atoms with E-state index in [0.29, 0.717) is 45.1 Å². The first-order valence-electron chi connectivity index (χ1n) is 21.2. The fourth-order valence-corrected chi connectivity index (χ4v) is 10.0. The Morgan fingerprint density at radius 2 is 1.83 bits per heavy atom. The summed E-state index contributed by atoms with van der Waals surface area (Å²) < 4.78 is 81.1. The molecule has 3 aliphatic heterocycles. The summed E-state index contributed by atoms with van der Waals surface area (Å²) in [5, 5.41) is 1.63. The van der Waals surface area contributed by atoms with Gasteiger partial charge in [-0.05, 0) is 96.4 Å². The average molecular weight is 858 g/mol. The molecule has 2 amide bonds. The maximum Gasteiger partial charge on any atom is 0.307 e. The second-order valence-corrected chi connectivity index (χ2v) is 20.5. The van der Waals surface area contributed by atoms with Crippen molar-refractivity contribution >= 4 is 44.4 Å². The topological polar surface area (TPSA) is 167 Å². The molecule has 1 saturated heterocycles. The maximum atomic E-state index is 15.1. The molecule has 2 saturated carbocycles. The van der Waals surface area contributed by atoms with Crippen LogP contribution in [0, 0.1) is 17.3 Å². The number of benzene rings is 1. The number of fused-ring (bicyclic) bond motifs is 5. The van der Waals surface area contributed by atoms with Gasteiger partial charge in [0.15, 0.2) is 11.4 Å². The summed E-state index contributed by atoms with van der Waals surface area (Å²) in [7, 11) is -4.03. The van der Waals surface area contributed by atoms with Crippen molar-refractivity contribution in [2.24, 2.45) is 17.3 Å². The van der Waals surface area contributed by atoms with Crippen LogP contribution in [0.25, 0.3) is 10.8 Å². The van der Waals surface area contributed by atoms with E-state index >= 15 is 4.79 Å². The monoisotopic (exact) mass is 857 g/mol. The van der Waals surface area contributed by atoms with Gasteiger partial charge in [0.2, 0.25) is 33.6 Å². The smallest absolute Gasteiger partial charge is 0.307 e. The molecular formula is C44H57F2N3O10S. The number of hydrogen-bond donors (Lipinski definition) is 1. The largest absolute Gasteiger partial charge is 0.477 e. The third kappa shape index (κ3) is 8.64. The quantitative estimate of drug-likeness (QED) is 0.208. The number of aromatic nitrogens is 1. The molecule has 7 rings (SSSR count). The van der Waals surface area contributed by atoms with Crippen LogP contribution >= 0.6 is 0 Å². The molecule has 13 nitrogen and oxygen atoms in total. The van der Waals surface area contributed by atoms with Crippen molar-refractivity contribution in [2.45, 2.75) is 153 Å². The van der Waals surface area contributed by atoms with E-state index < -0.39 is 97.9 Å². The van der Waals surface area contributed by atoms with Gasteiger partial charge in [-0.3, -0.25) is 23.9 Å². The van der Waals surface area contributed by atoms with Crippen molar-refractivity contribution in [3.63, 3.8) is 0 Å². The third-order valence-electron chi connectivity index (χ3n) is 13.4. The van der Waals surface area contributed by atoms with Crippen molar-refractivity contribution in [1.29, 1.82) is 0 Å². The minimum absolute atomic E-state index is 0.00654. The molecule has 16 heteroatoms. The predicted octanol–water partition coefficient (Wildman–Crippen LogP) is 6.39. The number of amides is 2. The number of alkyl halides is 2. The van der Waals surface area contributed by atoms with Crippen LogP contribution in [0.2, 0.25) is 0 Å². The highest BCUT2D eigenvalue weighted by Gasteiger charge is 2.63. The number of sulfonamides is 1. The van der Waals surface area contributed by atoms with Crippen molar-refractivity contribution < 1.29 is 55.3 Å². The zero-order chi connectivity index (χ0) is 43.4. The number of ketones is 1. The lowest BCUT2D eigenvalue weighted by molar-refractivity contribution is -0.198. The Labute approximate surface area is 350 Å². The summed E-state index contributed by atoms with van der Waals surface area (Å²) >= 11 is 0. The van der Waals surface area contributed by atoms with Gasteiger partial charge >= 0.3 is 5.97 Å². The van der Waals surface area contributed by atoms with Crippen LogP contribution in [0.15, 0.2) is 36.4 Å². The maximum absolute atomic E-state index is 15.1. The molecule has 4 heterocycles. The summed E-state index contributed by atoms with van der Waals surface area (Å²) in [6.07, 6.45) is 4.65. The number of pyridine rings is 1. The molecule has 328 valence electrons. The number of nitrogens with zero attached hydrogens (tertiary/aromatic N) is 2. The Bertz CT molecular complexity index is 2170. The molecule has 2 aromatic rings. The Balaban J connectivity index is 1.25. The zero-order valence-corrected chi connectivity index (χ0v) is 36.1. The first kappa shape index (κ1) is 43.9. The van der Waals surface area contributed by atoms with E-state index in [1.165, 1.54) is 4.90 Å². The second kappa shape index (κ2) is 16.3. The number of esters is 1. The van der Waals surface area contributed by atoms with E-state index in [0.717, 1.165) is 43.0 Å². The van der Waals surface area contributed by atoms with Crippen LogP contribution in [0.5, 0.6) is 11.8 Å². The number of halogens is 2. The average Bonchev–Trinajstić information content (AvgIpc) is 4.07. The van der Waals surface area contributed by atoms with Gasteiger partial charge in [0.1, 0.15) is 6.10 Å². The molecule has 0 spiro atoms. The molecular weight excluding hydrogens is 801 g/mol. The Hall–Kier alpha value is -4.18. The van der Waals surface area contributed by atoms with Crippen molar-refractivity contribution in [1.82, 2.24) is 14.6 Å². The van der Waals surface area contributed by atoms with Gasteiger partial charge < -0.3 is 23.8 Å². The van der Waals surface area contributed by atoms with Gasteiger partial charge in [-0.1, -0.05) is 37.3 Å². The minimum Gasteiger partial charge on any atom is -0.477 e. The molecule has 0 bridgehead atoms. The van der Waals surface area contributed by atoms with Crippen molar-refractivity contribution in [3.8, 4) is 11.8 Å². The highest BCUT2D eigenvalue weighted by Crippen LogP contribution is 2.58. The molecule has 3 fully saturated rings. The van der Waals surface area contributed by atoms with Crippen molar-refractivity contribution in [2.75, 3.05) is 13.2 Å². The lowest BCUT2D eigenvalue weighted by Gasteiger charge is -2.35. The van der Waals surface area contributed by atoms with Crippen LogP contribution in [0.1, 0.15) is 111 Å². The standard InChI is InChI=1S/C44H57F2N3O10S/c1-7-35-32(22-36(51)59-41(3,4)43(6,45)46)39(52)49-25-28(58-38-31-16-11-10-15-29(31)30-17-12-20-56-37(30)47-38)21-33(49)34(50)24-44(23-27(44)14-9-8-13-26(2)57-35)40(53)48-60(54,55)42(5)18-19-42/h9-11,14-16,26-28,32-33,35H,7-8,12-13,17-25H2,1-6H3,(H,48,53)/b14-9-/t26-,27-,28-,32+,33+,35+,44-/m1/s1. The van der Waals surface area contributed by atoms with Gasteiger partial charge in [-0.2, -0.15) is 4.98 Å². The number of rotatable bonds is 10. The van der Waals surface area contributed by atoms with Crippen LogP contribution in [-0.2, 0) is 45.1 Å². The molecule has 1 N–H and O–H groups in total. The van der Waals surface area contributed by atoms with Gasteiger partial charge in [0.25, 0.3) is 5.92 Å². The Kier molecular flexibility index (Phi) is 11.9. The lowest BCUT2D eigenvalue weighted by Crippen LogP contribution is -2.50. The summed E-state index contributed by atoms with van der Waals surface area (Å²) in [4.78, 5) is 63.6. The molecule has 2 aliphatic carbocycles. The summed E-state index contributed by atoms with van der Waals surface area (Å²) in [6.45, 7) is 8.42. The summed E-state index contributed by atoms with van der Waals surface area (Å²) in [5.41, 5.74) is -2.60. The van der Waals surface area contributed by atoms with Crippen LogP contribution in [0.3, 0.4) is 0 Å². The molecule has 7 atom stereocenters. The van der Waals surface area contributed by atoms with E-state index in [4.69, 9.17) is 23.9 Å². The number of Topliss-reactive ketones (excluding diaryl/α,β-unsaturated/α-hetero) is 1. The van der Waals surface area contributed by atoms with E-state index in [9.17, 15) is 31.6 Å². The number of ether oxygens (including phenoxy) is 4. The number of allylic oxidation sites excluding steroid dienone is 2. The fraction of sp³-hybridized carbons (Fsp3) is 0.659. The van der Waals surface area contributed by atoms with Crippen LogP contribution in [0.4, 0.5) is 8.78 Å². The van der Waals surface area contributed by atoms with E-state index in [2.05, 4.69) is 4.72 Å². The second-order valence-electron chi connectivity index (χ2n) is 18.3. The molecule has 0 radical (unpaired) electrons. The van der Waals surface area contributed by atoms with Crippen molar-refractivity contribution in [3.05, 3.63) is 42.0 Å². The minimum atomic E-state index is -4.03. The number of aryl methyl sites for hydroxylation is 1. The SMILES string of the molecule is CC[C@@H]1O[C@H](C)CC/C=C\[C@@H]2C[C@@]2(C(=O)NS(=O)(=O)C2(C)CC2)CC(=O)[C@@H]2C[C@@H](Oc3nc4c(c5ccccc35)CCCO4)CN2C(=O)[C@H]1CC(=O)OC(C)(C)C(C)(F)F. The first-order chi connectivity index (χ1) is 28.2. The van der Waals surface area contributed by atoms with Gasteiger partial charge in [-0.25, -0.2) is 17.2 Å². The highest BCUT2D eigenvalue weighted by atomic mass is 32.2. The zero-order valence-electron chi connectivity index (χ0n) is 35.3. The highest BCUT2D eigenvalue weighted by molar-refractivity contribution is 7.91. The predicted molar refractivity (Wildman–Crippen MR) is 217 cm³/mol.